The predicted molar refractivity (Wildman–Crippen MR) is 75.2 cm³/mol. The van der Waals surface area contributed by atoms with Crippen molar-refractivity contribution in [1.82, 2.24) is 15.4 Å². The maximum atomic E-state index is 12.0. The average molecular weight is 355 g/mol. The Kier molecular flexibility index (Phi) is 6.79. The Morgan fingerprint density at radius 3 is 2.30 bits per heavy atom. The van der Waals surface area contributed by atoms with E-state index in [4.69, 9.17) is 0 Å². The van der Waals surface area contributed by atoms with Gasteiger partial charge in [-0.25, -0.2) is 13.1 Å². The summed E-state index contributed by atoms with van der Waals surface area (Å²) in [5.41, 5.74) is 0. The Balaban J connectivity index is 2.61. The third-order valence-corrected chi connectivity index (χ3v) is 3.90. The average Bonchev–Trinajstić information content (AvgIpc) is 2.44. The highest BCUT2D eigenvalue weighted by Gasteiger charge is 2.31. The highest BCUT2D eigenvalue weighted by molar-refractivity contribution is 7.89. The maximum absolute atomic E-state index is 12.0. The second kappa shape index (κ2) is 8.13. The fourth-order valence-electron chi connectivity index (χ4n) is 1.45. The van der Waals surface area contributed by atoms with Gasteiger partial charge in [0.15, 0.2) is 0 Å². The summed E-state index contributed by atoms with van der Waals surface area (Å²) in [5, 5.41) is 5.27. The third kappa shape index (κ3) is 7.30. The zero-order chi connectivity index (χ0) is 17.5. The molecule has 0 aromatic heterocycles. The van der Waals surface area contributed by atoms with Gasteiger partial charge in [-0.15, -0.1) is 13.2 Å². The summed E-state index contributed by atoms with van der Waals surface area (Å²) in [7, 11) is -2.31. The first kappa shape index (κ1) is 19.2. The fraction of sp³-hybridized carbons (Fsp3) is 0.417. The lowest BCUT2D eigenvalue weighted by Crippen LogP contribution is -2.39. The van der Waals surface area contributed by atoms with E-state index in [2.05, 4.69) is 15.4 Å². The standard InChI is InChI=1S/C12H16F3N3O4S/c1-16-6-7-17-11(19)8-18-23(20,21)10-4-2-9(3-5-10)22-12(13,14)15/h2-5,16,18H,6-8H2,1H3,(H,17,19). The highest BCUT2D eigenvalue weighted by atomic mass is 32.2. The van der Waals surface area contributed by atoms with E-state index in [0.29, 0.717) is 13.1 Å². The van der Waals surface area contributed by atoms with Gasteiger partial charge < -0.3 is 15.4 Å². The Morgan fingerprint density at radius 2 is 1.78 bits per heavy atom. The number of carbonyl (C=O) groups excluding carboxylic acids is 1. The van der Waals surface area contributed by atoms with Crippen LogP contribution in [0.1, 0.15) is 0 Å². The summed E-state index contributed by atoms with van der Waals surface area (Å²) in [5.74, 6) is -1.07. The quantitative estimate of drug-likeness (QED) is 0.579. The van der Waals surface area contributed by atoms with E-state index >= 15 is 0 Å². The molecule has 0 bridgehead atoms. The van der Waals surface area contributed by atoms with Crippen LogP contribution in [0.4, 0.5) is 13.2 Å². The van der Waals surface area contributed by atoms with Crippen LogP contribution in [-0.2, 0) is 14.8 Å². The normalized spacial score (nSPS) is 12.0. The van der Waals surface area contributed by atoms with Crippen LogP contribution >= 0.6 is 0 Å². The van der Waals surface area contributed by atoms with Crippen LogP contribution in [0.2, 0.25) is 0 Å². The number of ether oxygens (including phenoxy) is 1. The smallest absolute Gasteiger partial charge is 0.406 e. The third-order valence-electron chi connectivity index (χ3n) is 2.49. The molecule has 0 spiro atoms. The summed E-state index contributed by atoms with van der Waals surface area (Å²) in [6, 6.07) is 3.63. The van der Waals surface area contributed by atoms with E-state index in [1.807, 2.05) is 4.72 Å². The molecule has 0 fully saturated rings. The van der Waals surface area contributed by atoms with Gasteiger partial charge in [0.25, 0.3) is 0 Å². The number of rotatable bonds is 8. The van der Waals surface area contributed by atoms with Crippen LogP contribution in [0, 0.1) is 0 Å². The summed E-state index contributed by atoms with van der Waals surface area (Å²) < 4.78 is 65.5. The van der Waals surface area contributed by atoms with Gasteiger partial charge in [0.2, 0.25) is 15.9 Å². The van der Waals surface area contributed by atoms with E-state index in [1.54, 1.807) is 7.05 Å². The molecular weight excluding hydrogens is 339 g/mol. The molecule has 0 aliphatic heterocycles. The molecule has 0 saturated carbocycles. The Bertz CT molecular complexity index is 617. The number of hydrogen-bond acceptors (Lipinski definition) is 5. The Labute approximate surface area is 131 Å². The molecule has 1 amide bonds. The van der Waals surface area contributed by atoms with Crippen LogP contribution in [-0.4, -0.2) is 47.4 Å². The molecule has 0 unspecified atom stereocenters. The van der Waals surface area contributed by atoms with Crippen molar-refractivity contribution in [2.24, 2.45) is 0 Å². The van der Waals surface area contributed by atoms with Gasteiger partial charge in [-0.05, 0) is 31.3 Å². The fourth-order valence-corrected chi connectivity index (χ4v) is 2.44. The molecule has 0 aliphatic rings. The van der Waals surface area contributed by atoms with Crippen LogP contribution < -0.4 is 20.1 Å². The summed E-state index contributed by atoms with van der Waals surface area (Å²) in [4.78, 5) is 11.1. The largest absolute Gasteiger partial charge is 0.573 e. The molecular formula is C12H16F3N3O4S. The lowest BCUT2D eigenvalue weighted by atomic mass is 10.3. The SMILES string of the molecule is CNCCNC(=O)CNS(=O)(=O)c1ccc(OC(F)(F)F)cc1. The molecule has 0 saturated heterocycles. The number of sulfonamides is 1. The minimum Gasteiger partial charge on any atom is -0.406 e. The number of likely N-dealkylation sites (N-methyl/N-ethyl adjacent to an activating group) is 1. The number of halogens is 3. The van der Waals surface area contributed by atoms with E-state index in [0.717, 1.165) is 24.3 Å². The topological polar surface area (TPSA) is 96.5 Å². The first-order chi connectivity index (χ1) is 10.6. The zero-order valence-electron chi connectivity index (χ0n) is 12.1. The van der Waals surface area contributed by atoms with Gasteiger partial charge in [-0.1, -0.05) is 0 Å². The van der Waals surface area contributed by atoms with Crippen molar-refractivity contribution < 1.29 is 31.1 Å². The molecule has 1 aromatic rings. The van der Waals surface area contributed by atoms with Crippen LogP contribution in [0.5, 0.6) is 5.75 Å². The molecule has 0 radical (unpaired) electrons. The van der Waals surface area contributed by atoms with Crippen molar-refractivity contribution in [1.29, 1.82) is 0 Å². The zero-order valence-corrected chi connectivity index (χ0v) is 12.9. The molecule has 3 N–H and O–H groups in total. The van der Waals surface area contributed by atoms with Gasteiger partial charge in [0.1, 0.15) is 5.75 Å². The van der Waals surface area contributed by atoms with Gasteiger partial charge in [-0.2, -0.15) is 0 Å². The maximum Gasteiger partial charge on any atom is 0.573 e. The second-order valence-corrected chi connectivity index (χ2v) is 6.06. The van der Waals surface area contributed by atoms with Crippen molar-refractivity contribution in [3.63, 3.8) is 0 Å². The van der Waals surface area contributed by atoms with E-state index < -0.39 is 34.6 Å². The molecule has 23 heavy (non-hydrogen) atoms. The number of nitrogens with one attached hydrogen (secondary N) is 3. The van der Waals surface area contributed by atoms with Gasteiger partial charge in [0.05, 0.1) is 11.4 Å². The van der Waals surface area contributed by atoms with Crippen molar-refractivity contribution in [3.05, 3.63) is 24.3 Å². The summed E-state index contributed by atoms with van der Waals surface area (Å²) in [6.45, 7) is 0.381. The number of benzene rings is 1. The molecule has 0 aliphatic carbocycles. The van der Waals surface area contributed by atoms with Gasteiger partial charge in [0, 0.05) is 13.1 Å². The van der Waals surface area contributed by atoms with E-state index in [9.17, 15) is 26.4 Å². The van der Waals surface area contributed by atoms with Crippen LogP contribution in [0.25, 0.3) is 0 Å². The number of amides is 1. The Morgan fingerprint density at radius 1 is 1.17 bits per heavy atom. The molecule has 0 heterocycles. The van der Waals surface area contributed by atoms with Gasteiger partial charge in [-0.3, -0.25) is 4.79 Å². The van der Waals surface area contributed by atoms with Crippen molar-refractivity contribution in [3.8, 4) is 5.75 Å². The molecule has 11 heteroatoms. The van der Waals surface area contributed by atoms with Crippen molar-refractivity contribution in [2.75, 3.05) is 26.7 Å². The Hall–Kier alpha value is -1.85. The van der Waals surface area contributed by atoms with Crippen molar-refractivity contribution >= 4 is 15.9 Å². The lowest BCUT2D eigenvalue weighted by molar-refractivity contribution is -0.274. The minimum absolute atomic E-state index is 0.282. The number of carbonyl (C=O) groups is 1. The summed E-state index contributed by atoms with van der Waals surface area (Å²) >= 11 is 0. The van der Waals surface area contributed by atoms with Crippen molar-refractivity contribution in [2.45, 2.75) is 11.3 Å². The predicted octanol–water partition coefficient (Wildman–Crippen LogP) is 0.199. The van der Waals surface area contributed by atoms with Crippen LogP contribution in [0.3, 0.4) is 0 Å². The first-order valence-electron chi connectivity index (χ1n) is 6.41. The van der Waals surface area contributed by atoms with Gasteiger partial charge >= 0.3 is 6.36 Å². The summed E-state index contributed by atoms with van der Waals surface area (Å²) in [6.07, 6.45) is -4.86. The number of hydrogen-bond donors (Lipinski definition) is 3. The molecule has 130 valence electrons. The second-order valence-electron chi connectivity index (χ2n) is 4.30. The first-order valence-corrected chi connectivity index (χ1v) is 7.89. The lowest BCUT2D eigenvalue weighted by Gasteiger charge is -2.10. The molecule has 1 aromatic carbocycles. The molecule has 7 nitrogen and oxygen atoms in total. The minimum atomic E-state index is -4.86. The highest BCUT2D eigenvalue weighted by Crippen LogP contribution is 2.23. The number of alkyl halides is 3. The van der Waals surface area contributed by atoms with Crippen LogP contribution in [0.15, 0.2) is 29.2 Å². The van der Waals surface area contributed by atoms with E-state index in [-0.39, 0.29) is 4.90 Å². The molecule has 0 atom stereocenters. The molecule has 1 rings (SSSR count). The van der Waals surface area contributed by atoms with E-state index in [1.165, 1.54) is 0 Å². The monoisotopic (exact) mass is 355 g/mol.